The maximum Gasteiger partial charge on any atom is 0.317 e. The Hall–Kier alpha value is -2.90. The van der Waals surface area contributed by atoms with Crippen LogP contribution in [0.1, 0.15) is 17.0 Å². The van der Waals surface area contributed by atoms with Crippen LogP contribution in [0.2, 0.25) is 0 Å². The van der Waals surface area contributed by atoms with Crippen molar-refractivity contribution in [1.29, 1.82) is 0 Å². The fraction of sp³-hybridized carbons (Fsp3) is 0.250. The van der Waals surface area contributed by atoms with E-state index in [0.29, 0.717) is 37.8 Å². The first kappa shape index (κ1) is 21.4. The van der Waals surface area contributed by atoms with Crippen molar-refractivity contribution < 1.29 is 9.32 Å². The van der Waals surface area contributed by atoms with Crippen molar-refractivity contribution in [2.24, 2.45) is 5.73 Å². The van der Waals surface area contributed by atoms with Gasteiger partial charge in [-0.15, -0.1) is 12.4 Å². The van der Waals surface area contributed by atoms with E-state index in [9.17, 15) is 4.79 Å². The highest BCUT2D eigenvalue weighted by Gasteiger charge is 2.11. The number of carbonyl (C=O) groups is 1. The zero-order chi connectivity index (χ0) is 19.1. The molecule has 8 heteroatoms. The topological polar surface area (TPSA) is 97.3 Å². The smallest absolute Gasteiger partial charge is 0.317 e. The fourth-order valence-electron chi connectivity index (χ4n) is 2.60. The summed E-state index contributed by atoms with van der Waals surface area (Å²) >= 11 is 0. The Morgan fingerprint density at radius 3 is 2.50 bits per heavy atom. The van der Waals surface area contributed by atoms with E-state index in [-0.39, 0.29) is 18.4 Å². The number of nitrogens with zero attached hydrogens (tertiary/aromatic N) is 3. The molecule has 0 unspecified atom stereocenters. The van der Waals surface area contributed by atoms with Gasteiger partial charge < -0.3 is 20.5 Å². The summed E-state index contributed by atoms with van der Waals surface area (Å²) in [5.41, 5.74) is 8.59. The van der Waals surface area contributed by atoms with Gasteiger partial charge in [-0.2, -0.15) is 4.98 Å². The molecule has 0 aliphatic heterocycles. The number of amides is 2. The highest BCUT2D eigenvalue weighted by molar-refractivity contribution is 5.85. The molecule has 0 aliphatic carbocycles. The van der Waals surface area contributed by atoms with Gasteiger partial charge in [-0.3, -0.25) is 0 Å². The van der Waals surface area contributed by atoms with E-state index in [0.717, 1.165) is 16.7 Å². The van der Waals surface area contributed by atoms with E-state index >= 15 is 0 Å². The summed E-state index contributed by atoms with van der Waals surface area (Å²) in [7, 11) is 1.76. The van der Waals surface area contributed by atoms with Crippen LogP contribution in [0.3, 0.4) is 0 Å². The van der Waals surface area contributed by atoms with E-state index < -0.39 is 0 Å². The molecule has 0 radical (unpaired) electrons. The largest absolute Gasteiger partial charge is 0.339 e. The number of urea groups is 1. The predicted octanol–water partition coefficient (Wildman–Crippen LogP) is 3.00. The van der Waals surface area contributed by atoms with E-state index in [1.165, 1.54) is 0 Å². The minimum absolute atomic E-state index is 0. The molecule has 1 heterocycles. The number of nitrogens with two attached hydrogens (primary N) is 1. The fourth-order valence-corrected chi connectivity index (χ4v) is 2.60. The molecule has 148 valence electrons. The molecule has 1 aromatic heterocycles. The third-order valence-corrected chi connectivity index (χ3v) is 4.14. The van der Waals surface area contributed by atoms with Crippen molar-refractivity contribution in [3.05, 3.63) is 71.6 Å². The molecule has 0 atom stereocenters. The molecule has 0 aliphatic rings. The van der Waals surface area contributed by atoms with Gasteiger partial charge in [-0.05, 0) is 11.1 Å². The molecule has 7 nitrogen and oxygen atoms in total. The van der Waals surface area contributed by atoms with Crippen molar-refractivity contribution in [3.8, 4) is 11.4 Å². The van der Waals surface area contributed by atoms with Crippen molar-refractivity contribution >= 4 is 18.4 Å². The highest BCUT2D eigenvalue weighted by Crippen LogP contribution is 2.16. The van der Waals surface area contributed by atoms with Gasteiger partial charge in [0.05, 0.1) is 0 Å². The molecule has 0 fully saturated rings. The van der Waals surface area contributed by atoms with Gasteiger partial charge >= 0.3 is 6.03 Å². The van der Waals surface area contributed by atoms with Crippen LogP contribution < -0.4 is 11.1 Å². The lowest BCUT2D eigenvalue weighted by atomic mass is 10.1. The lowest BCUT2D eigenvalue weighted by molar-refractivity contribution is 0.206. The summed E-state index contributed by atoms with van der Waals surface area (Å²) < 4.78 is 5.26. The number of nitrogens with one attached hydrogen (secondary N) is 1. The number of rotatable bonds is 7. The Morgan fingerprint density at radius 1 is 1.11 bits per heavy atom. The SMILES string of the molecule is CN(Cc1ccccc1)C(=O)NCCc1nc(-c2ccc(CN)cc2)no1.Cl. The van der Waals surface area contributed by atoms with Gasteiger partial charge in [0.25, 0.3) is 0 Å². The molecule has 2 amide bonds. The zero-order valence-electron chi connectivity index (χ0n) is 15.7. The molecular weight excluding hydrogens is 378 g/mol. The molecule has 3 aromatic rings. The maximum atomic E-state index is 12.2. The van der Waals surface area contributed by atoms with Gasteiger partial charge in [-0.1, -0.05) is 59.8 Å². The maximum absolute atomic E-state index is 12.2. The molecular formula is C20H24ClN5O2. The Bertz CT molecular complexity index is 868. The summed E-state index contributed by atoms with van der Waals surface area (Å²) in [6, 6.07) is 17.4. The van der Waals surface area contributed by atoms with Crippen LogP contribution in [-0.4, -0.2) is 34.7 Å². The van der Waals surface area contributed by atoms with Gasteiger partial charge in [0.1, 0.15) is 0 Å². The minimum Gasteiger partial charge on any atom is -0.339 e. The van der Waals surface area contributed by atoms with Crippen molar-refractivity contribution in [2.45, 2.75) is 19.5 Å². The van der Waals surface area contributed by atoms with Gasteiger partial charge in [0, 0.05) is 38.7 Å². The quantitative estimate of drug-likeness (QED) is 0.634. The van der Waals surface area contributed by atoms with Crippen LogP contribution in [0.15, 0.2) is 59.1 Å². The third-order valence-electron chi connectivity index (χ3n) is 4.14. The molecule has 3 rings (SSSR count). The molecule has 28 heavy (non-hydrogen) atoms. The van der Waals surface area contributed by atoms with Crippen LogP contribution in [0.5, 0.6) is 0 Å². The van der Waals surface area contributed by atoms with Crippen molar-refractivity contribution in [2.75, 3.05) is 13.6 Å². The van der Waals surface area contributed by atoms with Gasteiger partial charge in [0.2, 0.25) is 11.7 Å². The van der Waals surface area contributed by atoms with E-state index in [4.69, 9.17) is 10.3 Å². The summed E-state index contributed by atoms with van der Waals surface area (Å²) in [5.74, 6) is 1.01. The number of hydrogen-bond donors (Lipinski definition) is 2. The minimum atomic E-state index is -0.143. The second-order valence-electron chi connectivity index (χ2n) is 6.24. The molecule has 0 bridgehead atoms. The summed E-state index contributed by atoms with van der Waals surface area (Å²) in [6.45, 7) is 1.47. The van der Waals surface area contributed by atoms with Gasteiger partial charge in [0.15, 0.2) is 0 Å². The Morgan fingerprint density at radius 2 is 1.82 bits per heavy atom. The molecule has 2 aromatic carbocycles. The van der Waals surface area contributed by atoms with Crippen LogP contribution >= 0.6 is 12.4 Å². The molecule has 0 saturated heterocycles. The number of halogens is 1. The Balaban J connectivity index is 0.00000280. The number of benzene rings is 2. The van der Waals surface area contributed by atoms with E-state index in [1.54, 1.807) is 11.9 Å². The second-order valence-corrected chi connectivity index (χ2v) is 6.24. The first-order valence-corrected chi connectivity index (χ1v) is 8.80. The summed E-state index contributed by atoms with van der Waals surface area (Å²) in [4.78, 5) is 18.2. The number of carbonyl (C=O) groups excluding carboxylic acids is 1. The first-order chi connectivity index (χ1) is 13.2. The van der Waals surface area contributed by atoms with Crippen LogP contribution in [-0.2, 0) is 19.5 Å². The first-order valence-electron chi connectivity index (χ1n) is 8.80. The highest BCUT2D eigenvalue weighted by atomic mass is 35.5. The molecule has 0 spiro atoms. The lowest BCUT2D eigenvalue weighted by Crippen LogP contribution is -2.37. The third kappa shape index (κ3) is 5.80. The predicted molar refractivity (Wildman–Crippen MR) is 110 cm³/mol. The zero-order valence-corrected chi connectivity index (χ0v) is 16.5. The van der Waals surface area contributed by atoms with Crippen molar-refractivity contribution in [1.82, 2.24) is 20.4 Å². The Kier molecular flexibility index (Phi) is 7.98. The average molecular weight is 402 g/mol. The van der Waals surface area contributed by atoms with Crippen LogP contribution in [0.4, 0.5) is 4.79 Å². The van der Waals surface area contributed by atoms with Crippen LogP contribution in [0.25, 0.3) is 11.4 Å². The lowest BCUT2D eigenvalue weighted by Gasteiger charge is -2.17. The second kappa shape index (κ2) is 10.4. The standard InChI is InChI=1S/C20H23N5O2.ClH/c1-25(14-16-5-3-2-4-6-16)20(26)22-12-11-18-23-19(24-27-18)17-9-7-15(13-21)8-10-17;/h2-10H,11-14,21H2,1H3,(H,22,26);1H. The normalized spacial score (nSPS) is 10.2. The van der Waals surface area contributed by atoms with Crippen molar-refractivity contribution in [3.63, 3.8) is 0 Å². The Labute approximate surface area is 170 Å². The van der Waals surface area contributed by atoms with Crippen LogP contribution in [0, 0.1) is 0 Å². The molecule has 3 N–H and O–H groups in total. The van der Waals surface area contributed by atoms with E-state index in [1.807, 2.05) is 54.6 Å². The average Bonchev–Trinajstić information content (AvgIpc) is 3.17. The van der Waals surface area contributed by atoms with E-state index in [2.05, 4.69) is 15.5 Å². The number of hydrogen-bond acceptors (Lipinski definition) is 5. The summed E-state index contributed by atoms with van der Waals surface area (Å²) in [6.07, 6.45) is 0.471. The van der Waals surface area contributed by atoms with Gasteiger partial charge in [-0.25, -0.2) is 4.79 Å². The summed E-state index contributed by atoms with van der Waals surface area (Å²) in [5, 5.41) is 6.85. The molecule has 0 saturated carbocycles. The number of aromatic nitrogens is 2. The monoisotopic (exact) mass is 401 g/mol.